The fourth-order valence-corrected chi connectivity index (χ4v) is 6.05. The minimum Gasteiger partial charge on any atom is -0.457 e. The maximum atomic E-state index is 13.3. The number of sulfonamides is 1. The lowest BCUT2D eigenvalue weighted by molar-refractivity contribution is 0.0730. The first-order valence-corrected chi connectivity index (χ1v) is 14.1. The third-order valence-corrected chi connectivity index (χ3v) is 8.51. The Balaban J connectivity index is 1.39. The number of carbonyl (C=O) groups excluding carboxylic acids is 1. The number of ether oxygens (including phenoxy) is 2. The molecular weight excluding hydrogens is 490 g/mol. The van der Waals surface area contributed by atoms with Gasteiger partial charge in [-0.3, -0.25) is 4.79 Å². The highest BCUT2D eigenvalue weighted by atomic mass is 32.2. The average molecular weight is 522 g/mol. The molecule has 0 saturated carbocycles. The molecule has 8 nitrogen and oxygen atoms in total. The summed E-state index contributed by atoms with van der Waals surface area (Å²) in [7, 11) is -3.70. The number of nitrogens with zero attached hydrogens (tertiary/aromatic N) is 2. The normalized spacial score (nSPS) is 16.8. The fraction of sp³-hybridized carbons (Fsp3) is 0.321. The predicted molar refractivity (Wildman–Crippen MR) is 143 cm³/mol. The van der Waals surface area contributed by atoms with Crippen LogP contribution in [0.2, 0.25) is 0 Å². The Labute approximate surface area is 217 Å². The zero-order chi connectivity index (χ0) is 25.7. The van der Waals surface area contributed by atoms with E-state index in [0.717, 1.165) is 31.6 Å². The standard InChI is InChI=1S/C28H31N3O5S/c32-28(22-9-11-24(12-10-22)36-23-7-3-1-4-8-23)29-26-21-25(37(33,34)31-17-19-35-20-18-31)13-14-27(26)30-15-5-2-6-16-30/h1,3-4,7-14,21H,2,5-6,15-20H2,(H,29,32). The molecule has 5 rings (SSSR count). The molecule has 0 spiro atoms. The summed E-state index contributed by atoms with van der Waals surface area (Å²) in [4.78, 5) is 15.6. The molecule has 2 fully saturated rings. The van der Waals surface area contributed by atoms with Crippen LogP contribution < -0.4 is 15.0 Å². The second kappa shape index (κ2) is 11.3. The van der Waals surface area contributed by atoms with Gasteiger partial charge in [-0.2, -0.15) is 4.31 Å². The average Bonchev–Trinajstić information content (AvgIpc) is 2.95. The van der Waals surface area contributed by atoms with Crippen molar-refractivity contribution in [1.82, 2.24) is 4.31 Å². The van der Waals surface area contributed by atoms with Crippen molar-refractivity contribution in [3.8, 4) is 11.5 Å². The molecule has 0 bridgehead atoms. The van der Waals surface area contributed by atoms with Gasteiger partial charge in [0.1, 0.15) is 11.5 Å². The van der Waals surface area contributed by atoms with Gasteiger partial charge in [-0.1, -0.05) is 18.2 Å². The van der Waals surface area contributed by atoms with E-state index in [1.807, 2.05) is 36.4 Å². The van der Waals surface area contributed by atoms with Gasteiger partial charge >= 0.3 is 0 Å². The smallest absolute Gasteiger partial charge is 0.255 e. The molecule has 2 aliphatic heterocycles. The third-order valence-electron chi connectivity index (χ3n) is 6.62. The van der Waals surface area contributed by atoms with E-state index in [2.05, 4.69) is 10.2 Å². The van der Waals surface area contributed by atoms with E-state index in [1.54, 1.807) is 36.4 Å². The largest absolute Gasteiger partial charge is 0.457 e. The first-order chi connectivity index (χ1) is 18.0. The van der Waals surface area contributed by atoms with Gasteiger partial charge in [0.2, 0.25) is 10.0 Å². The number of rotatable bonds is 7. The summed E-state index contributed by atoms with van der Waals surface area (Å²) in [6.07, 6.45) is 3.28. The Morgan fingerprint density at radius 1 is 0.811 bits per heavy atom. The molecule has 9 heteroatoms. The lowest BCUT2D eigenvalue weighted by atomic mass is 10.1. The molecule has 0 atom stereocenters. The molecule has 2 aliphatic rings. The van der Waals surface area contributed by atoms with Crippen LogP contribution in [-0.4, -0.2) is 58.0 Å². The molecule has 2 saturated heterocycles. The zero-order valence-electron chi connectivity index (χ0n) is 20.6. The van der Waals surface area contributed by atoms with Crippen LogP contribution in [0.25, 0.3) is 0 Å². The Hall–Kier alpha value is -3.40. The van der Waals surface area contributed by atoms with Gasteiger partial charge in [0, 0.05) is 31.7 Å². The van der Waals surface area contributed by atoms with E-state index in [9.17, 15) is 13.2 Å². The molecule has 0 radical (unpaired) electrons. The number of para-hydroxylation sites is 1. The predicted octanol–water partition coefficient (Wildman–Crippen LogP) is 4.74. The highest BCUT2D eigenvalue weighted by Gasteiger charge is 2.28. The van der Waals surface area contributed by atoms with E-state index in [-0.39, 0.29) is 10.8 Å². The lowest BCUT2D eigenvalue weighted by Gasteiger charge is -2.31. The molecule has 0 aliphatic carbocycles. The first kappa shape index (κ1) is 25.3. The van der Waals surface area contributed by atoms with Crippen LogP contribution in [0.3, 0.4) is 0 Å². The summed E-state index contributed by atoms with van der Waals surface area (Å²) in [6, 6.07) is 21.3. The summed E-state index contributed by atoms with van der Waals surface area (Å²) in [5.74, 6) is 1.02. The van der Waals surface area contributed by atoms with Crippen molar-refractivity contribution in [2.24, 2.45) is 0 Å². The molecular formula is C28H31N3O5S. The third kappa shape index (κ3) is 5.95. The van der Waals surface area contributed by atoms with Crippen molar-refractivity contribution in [3.63, 3.8) is 0 Å². The van der Waals surface area contributed by atoms with E-state index >= 15 is 0 Å². The monoisotopic (exact) mass is 521 g/mol. The maximum absolute atomic E-state index is 13.3. The Morgan fingerprint density at radius 3 is 2.19 bits per heavy atom. The van der Waals surface area contributed by atoms with Crippen LogP contribution in [0.5, 0.6) is 11.5 Å². The van der Waals surface area contributed by atoms with Crippen LogP contribution in [0.1, 0.15) is 29.6 Å². The second-order valence-corrected chi connectivity index (χ2v) is 11.1. The van der Waals surface area contributed by atoms with E-state index in [1.165, 1.54) is 10.7 Å². The Kier molecular flexibility index (Phi) is 7.73. The highest BCUT2D eigenvalue weighted by Crippen LogP contribution is 2.33. The van der Waals surface area contributed by atoms with Crippen molar-refractivity contribution < 1.29 is 22.7 Å². The van der Waals surface area contributed by atoms with Gasteiger partial charge in [-0.25, -0.2) is 8.42 Å². The molecule has 37 heavy (non-hydrogen) atoms. The van der Waals surface area contributed by atoms with Crippen molar-refractivity contribution in [2.45, 2.75) is 24.2 Å². The van der Waals surface area contributed by atoms with Crippen molar-refractivity contribution in [2.75, 3.05) is 49.6 Å². The molecule has 1 N–H and O–H groups in total. The minimum absolute atomic E-state index is 0.164. The number of anilines is 2. The quantitative estimate of drug-likeness (QED) is 0.483. The number of hydrogen-bond acceptors (Lipinski definition) is 6. The van der Waals surface area contributed by atoms with Gasteiger partial charge in [-0.05, 0) is 73.9 Å². The summed E-state index contributed by atoms with van der Waals surface area (Å²) < 4.78 is 39.2. The van der Waals surface area contributed by atoms with Gasteiger partial charge in [0.15, 0.2) is 0 Å². The van der Waals surface area contributed by atoms with Gasteiger partial charge in [-0.15, -0.1) is 0 Å². The molecule has 3 aromatic rings. The summed E-state index contributed by atoms with van der Waals surface area (Å²) >= 11 is 0. The number of benzene rings is 3. The molecule has 0 aromatic heterocycles. The van der Waals surface area contributed by atoms with Crippen LogP contribution in [0.15, 0.2) is 77.7 Å². The van der Waals surface area contributed by atoms with Crippen molar-refractivity contribution >= 4 is 27.3 Å². The number of piperidine rings is 1. The Bertz CT molecular complexity index is 1320. The number of nitrogens with one attached hydrogen (secondary N) is 1. The van der Waals surface area contributed by atoms with Gasteiger partial charge < -0.3 is 19.7 Å². The zero-order valence-corrected chi connectivity index (χ0v) is 21.5. The number of morpholine rings is 1. The SMILES string of the molecule is O=C(Nc1cc(S(=O)(=O)N2CCOCC2)ccc1N1CCCCC1)c1ccc(Oc2ccccc2)cc1. The minimum atomic E-state index is -3.70. The maximum Gasteiger partial charge on any atom is 0.255 e. The number of hydrogen-bond donors (Lipinski definition) is 1. The van der Waals surface area contributed by atoms with Gasteiger partial charge in [0.05, 0.1) is 29.5 Å². The summed E-state index contributed by atoms with van der Waals surface area (Å²) in [5, 5.41) is 2.98. The van der Waals surface area contributed by atoms with E-state index in [0.29, 0.717) is 49.1 Å². The molecule has 0 unspecified atom stereocenters. The molecule has 2 heterocycles. The van der Waals surface area contributed by atoms with Gasteiger partial charge in [0.25, 0.3) is 5.91 Å². The summed E-state index contributed by atoms with van der Waals surface area (Å²) in [5.41, 5.74) is 1.77. The number of carbonyl (C=O) groups is 1. The highest BCUT2D eigenvalue weighted by molar-refractivity contribution is 7.89. The lowest BCUT2D eigenvalue weighted by Crippen LogP contribution is -2.40. The first-order valence-electron chi connectivity index (χ1n) is 12.6. The van der Waals surface area contributed by atoms with E-state index < -0.39 is 10.0 Å². The molecule has 1 amide bonds. The van der Waals surface area contributed by atoms with Crippen molar-refractivity contribution in [3.05, 3.63) is 78.4 Å². The summed E-state index contributed by atoms with van der Waals surface area (Å²) in [6.45, 7) is 3.11. The van der Waals surface area contributed by atoms with Crippen molar-refractivity contribution in [1.29, 1.82) is 0 Å². The van der Waals surface area contributed by atoms with Crippen LogP contribution in [0, 0.1) is 0 Å². The van der Waals surface area contributed by atoms with E-state index in [4.69, 9.17) is 9.47 Å². The topological polar surface area (TPSA) is 88.2 Å². The van der Waals surface area contributed by atoms with Crippen LogP contribution in [0.4, 0.5) is 11.4 Å². The number of amides is 1. The molecule has 3 aromatic carbocycles. The fourth-order valence-electron chi connectivity index (χ4n) is 4.62. The molecule has 194 valence electrons. The van der Waals surface area contributed by atoms with Crippen LogP contribution in [-0.2, 0) is 14.8 Å². The Morgan fingerprint density at radius 2 is 1.49 bits per heavy atom. The second-order valence-electron chi connectivity index (χ2n) is 9.14. The van der Waals surface area contributed by atoms with Crippen LogP contribution >= 0.6 is 0 Å².